The van der Waals surface area contributed by atoms with Gasteiger partial charge >= 0.3 is 0 Å². The molecular formula is C15H18N4. The normalized spacial score (nSPS) is 12.1. The first-order chi connectivity index (χ1) is 9.19. The molecule has 0 amide bonds. The number of benzene rings is 1. The lowest BCUT2D eigenvalue weighted by atomic mass is 10.1. The van der Waals surface area contributed by atoms with Crippen LogP contribution in [0.3, 0.4) is 0 Å². The van der Waals surface area contributed by atoms with Crippen LogP contribution in [0.25, 0.3) is 0 Å². The highest BCUT2D eigenvalue weighted by Gasteiger charge is 2.04. The van der Waals surface area contributed by atoms with E-state index in [-0.39, 0.29) is 0 Å². The van der Waals surface area contributed by atoms with E-state index >= 15 is 0 Å². The van der Waals surface area contributed by atoms with Crippen LogP contribution in [0, 0.1) is 18.3 Å². The van der Waals surface area contributed by atoms with Gasteiger partial charge in [-0.1, -0.05) is 6.07 Å². The summed E-state index contributed by atoms with van der Waals surface area (Å²) in [6, 6.07) is 8.34. The summed E-state index contributed by atoms with van der Waals surface area (Å²) in [5.41, 5.74) is 3.10. The zero-order chi connectivity index (χ0) is 13.7. The van der Waals surface area contributed by atoms with E-state index in [1.54, 1.807) is 6.20 Å². The molecule has 1 N–H and O–H groups in total. The molecule has 0 fully saturated rings. The van der Waals surface area contributed by atoms with Crippen molar-refractivity contribution in [2.45, 2.75) is 33.0 Å². The monoisotopic (exact) mass is 254 g/mol. The average molecular weight is 254 g/mol. The van der Waals surface area contributed by atoms with Crippen LogP contribution in [0.5, 0.6) is 0 Å². The molecule has 0 radical (unpaired) electrons. The van der Waals surface area contributed by atoms with Gasteiger partial charge in [0.05, 0.1) is 18.0 Å². The second-order valence-corrected chi connectivity index (χ2v) is 4.79. The van der Waals surface area contributed by atoms with Gasteiger partial charge in [-0.15, -0.1) is 0 Å². The topological polar surface area (TPSA) is 53.6 Å². The molecular weight excluding hydrogens is 236 g/mol. The Kier molecular flexibility index (Phi) is 4.32. The first-order valence-corrected chi connectivity index (χ1v) is 6.38. The quantitative estimate of drug-likeness (QED) is 0.890. The third-order valence-electron chi connectivity index (χ3n) is 3.16. The van der Waals surface area contributed by atoms with E-state index in [2.05, 4.69) is 27.9 Å². The number of aryl methyl sites for hydroxylation is 1. The van der Waals surface area contributed by atoms with Crippen LogP contribution >= 0.6 is 0 Å². The van der Waals surface area contributed by atoms with Crippen molar-refractivity contribution < 1.29 is 0 Å². The van der Waals surface area contributed by atoms with Crippen LogP contribution in [0.1, 0.15) is 23.6 Å². The summed E-state index contributed by atoms with van der Waals surface area (Å²) in [4.78, 5) is 4.03. The fourth-order valence-corrected chi connectivity index (χ4v) is 2.02. The van der Waals surface area contributed by atoms with Crippen molar-refractivity contribution in [2.24, 2.45) is 0 Å². The van der Waals surface area contributed by atoms with Crippen LogP contribution in [-0.2, 0) is 13.1 Å². The highest BCUT2D eigenvalue weighted by molar-refractivity contribution is 5.37. The lowest BCUT2D eigenvalue weighted by Crippen LogP contribution is -2.29. The van der Waals surface area contributed by atoms with Gasteiger partial charge in [-0.05, 0) is 37.1 Å². The van der Waals surface area contributed by atoms with Gasteiger partial charge in [0.2, 0.25) is 0 Å². The molecule has 0 aliphatic carbocycles. The average Bonchev–Trinajstić information content (AvgIpc) is 2.90. The Hall–Kier alpha value is -2.12. The molecule has 1 unspecified atom stereocenters. The second kappa shape index (κ2) is 6.17. The predicted octanol–water partition coefficient (Wildman–Crippen LogP) is 2.24. The van der Waals surface area contributed by atoms with Crippen LogP contribution < -0.4 is 5.32 Å². The molecule has 19 heavy (non-hydrogen) atoms. The van der Waals surface area contributed by atoms with E-state index in [0.29, 0.717) is 11.6 Å². The van der Waals surface area contributed by atoms with Gasteiger partial charge in [0.25, 0.3) is 0 Å². The Balaban J connectivity index is 1.90. The molecule has 1 aromatic heterocycles. The van der Waals surface area contributed by atoms with Crippen molar-refractivity contribution in [2.75, 3.05) is 0 Å². The molecule has 4 nitrogen and oxygen atoms in total. The fourth-order valence-electron chi connectivity index (χ4n) is 2.02. The van der Waals surface area contributed by atoms with Gasteiger partial charge in [-0.3, -0.25) is 0 Å². The van der Waals surface area contributed by atoms with Crippen molar-refractivity contribution in [1.29, 1.82) is 5.26 Å². The summed E-state index contributed by atoms with van der Waals surface area (Å²) in [6.45, 7) is 5.90. The first kappa shape index (κ1) is 13.3. The molecule has 0 aliphatic rings. The van der Waals surface area contributed by atoms with Gasteiger partial charge < -0.3 is 9.88 Å². The predicted molar refractivity (Wildman–Crippen MR) is 74.4 cm³/mol. The third-order valence-corrected chi connectivity index (χ3v) is 3.16. The van der Waals surface area contributed by atoms with Gasteiger partial charge in [-0.25, -0.2) is 4.98 Å². The molecule has 1 aromatic carbocycles. The number of hydrogen-bond donors (Lipinski definition) is 1. The Bertz CT molecular complexity index is 566. The number of aromatic nitrogens is 2. The Morgan fingerprint density at radius 1 is 1.47 bits per heavy atom. The molecule has 0 spiro atoms. The SMILES string of the molecule is Cc1cc(C#N)ccc1CNC(C)Cn1ccnc1. The molecule has 0 saturated heterocycles. The lowest BCUT2D eigenvalue weighted by Gasteiger charge is -2.15. The molecule has 2 aromatic rings. The molecule has 0 bridgehead atoms. The minimum atomic E-state index is 0.365. The Labute approximate surface area is 113 Å². The molecule has 98 valence electrons. The van der Waals surface area contributed by atoms with Crippen molar-refractivity contribution in [3.63, 3.8) is 0 Å². The highest BCUT2D eigenvalue weighted by Crippen LogP contribution is 2.10. The highest BCUT2D eigenvalue weighted by atomic mass is 15.1. The number of nitrogens with zero attached hydrogens (tertiary/aromatic N) is 3. The maximum atomic E-state index is 8.84. The third kappa shape index (κ3) is 3.67. The smallest absolute Gasteiger partial charge is 0.0991 e. The van der Waals surface area contributed by atoms with Crippen LogP contribution in [0.15, 0.2) is 36.9 Å². The van der Waals surface area contributed by atoms with E-state index in [1.807, 2.05) is 37.6 Å². The number of nitrogens with one attached hydrogen (secondary N) is 1. The lowest BCUT2D eigenvalue weighted by molar-refractivity contribution is 0.475. The van der Waals surface area contributed by atoms with Gasteiger partial charge in [0.15, 0.2) is 0 Å². The minimum absolute atomic E-state index is 0.365. The van der Waals surface area contributed by atoms with Crippen LogP contribution in [0.4, 0.5) is 0 Å². The maximum absolute atomic E-state index is 8.84. The van der Waals surface area contributed by atoms with E-state index in [4.69, 9.17) is 5.26 Å². The summed E-state index contributed by atoms with van der Waals surface area (Å²) >= 11 is 0. The summed E-state index contributed by atoms with van der Waals surface area (Å²) in [6.07, 6.45) is 5.58. The van der Waals surface area contributed by atoms with Crippen molar-refractivity contribution in [3.8, 4) is 6.07 Å². The van der Waals surface area contributed by atoms with E-state index < -0.39 is 0 Å². The first-order valence-electron chi connectivity index (χ1n) is 6.38. The summed E-state index contributed by atoms with van der Waals surface area (Å²) in [5.74, 6) is 0. The molecule has 2 rings (SSSR count). The zero-order valence-electron chi connectivity index (χ0n) is 11.3. The van der Waals surface area contributed by atoms with Crippen molar-refractivity contribution in [3.05, 3.63) is 53.6 Å². The number of imidazole rings is 1. The minimum Gasteiger partial charge on any atom is -0.336 e. The molecule has 1 atom stereocenters. The second-order valence-electron chi connectivity index (χ2n) is 4.79. The van der Waals surface area contributed by atoms with E-state index in [0.717, 1.165) is 18.7 Å². The summed E-state index contributed by atoms with van der Waals surface area (Å²) in [5, 5.41) is 12.3. The largest absolute Gasteiger partial charge is 0.336 e. The van der Waals surface area contributed by atoms with Gasteiger partial charge in [0.1, 0.15) is 0 Å². The van der Waals surface area contributed by atoms with E-state index in [1.165, 1.54) is 5.56 Å². The Morgan fingerprint density at radius 2 is 2.32 bits per heavy atom. The van der Waals surface area contributed by atoms with Crippen LogP contribution in [0.2, 0.25) is 0 Å². The summed E-state index contributed by atoms with van der Waals surface area (Å²) < 4.78 is 2.06. The molecule has 0 aliphatic heterocycles. The van der Waals surface area contributed by atoms with Gasteiger partial charge in [-0.2, -0.15) is 5.26 Å². The van der Waals surface area contributed by atoms with Crippen molar-refractivity contribution >= 4 is 0 Å². The Morgan fingerprint density at radius 3 is 2.95 bits per heavy atom. The maximum Gasteiger partial charge on any atom is 0.0991 e. The van der Waals surface area contributed by atoms with E-state index in [9.17, 15) is 0 Å². The number of nitriles is 1. The molecule has 1 heterocycles. The molecule has 4 heteroatoms. The van der Waals surface area contributed by atoms with Crippen molar-refractivity contribution in [1.82, 2.24) is 14.9 Å². The fraction of sp³-hybridized carbons (Fsp3) is 0.333. The number of rotatable bonds is 5. The standard InChI is InChI=1S/C15H18N4/c1-12-7-14(8-16)3-4-15(12)9-18-13(2)10-19-6-5-17-11-19/h3-7,11,13,18H,9-10H2,1-2H3. The van der Waals surface area contributed by atoms with Crippen LogP contribution in [-0.4, -0.2) is 15.6 Å². The summed E-state index contributed by atoms with van der Waals surface area (Å²) in [7, 11) is 0. The molecule has 0 saturated carbocycles. The number of hydrogen-bond acceptors (Lipinski definition) is 3. The zero-order valence-corrected chi connectivity index (χ0v) is 11.3. The van der Waals surface area contributed by atoms with Gasteiger partial charge in [0, 0.05) is 31.5 Å².